The fourth-order valence-corrected chi connectivity index (χ4v) is 3.97. The van der Waals surface area contributed by atoms with Gasteiger partial charge in [0, 0.05) is 65.8 Å². The van der Waals surface area contributed by atoms with Crippen LogP contribution in [0.15, 0.2) is 0 Å². The van der Waals surface area contributed by atoms with Crippen molar-refractivity contribution >= 4 is 17.7 Å². The molecule has 3 fully saturated rings. The van der Waals surface area contributed by atoms with Crippen LogP contribution < -0.4 is 5.32 Å². The largest absolute Gasteiger partial charge is 0.381 e. The van der Waals surface area contributed by atoms with Crippen LogP contribution in [0.5, 0.6) is 0 Å². The van der Waals surface area contributed by atoms with Crippen LogP contribution in [-0.2, 0) is 23.9 Å². The Morgan fingerprint density at radius 1 is 1.28 bits per heavy atom. The van der Waals surface area contributed by atoms with Crippen LogP contribution in [0, 0.1) is 5.92 Å². The second-order valence-electron chi connectivity index (χ2n) is 6.97. The zero-order valence-electron chi connectivity index (χ0n) is 15.0. The Hall–Kier alpha value is -1.67. The summed E-state index contributed by atoms with van der Waals surface area (Å²) in [6.45, 7) is 4.91. The van der Waals surface area contributed by atoms with E-state index in [4.69, 9.17) is 9.47 Å². The summed E-state index contributed by atoms with van der Waals surface area (Å²) in [5.74, 6) is -0.382. The zero-order chi connectivity index (χ0) is 18.0. The van der Waals surface area contributed by atoms with E-state index < -0.39 is 5.60 Å². The van der Waals surface area contributed by atoms with E-state index in [1.165, 1.54) is 0 Å². The molecule has 8 nitrogen and oxygen atoms in total. The van der Waals surface area contributed by atoms with Crippen molar-refractivity contribution in [3.05, 3.63) is 0 Å². The molecule has 0 radical (unpaired) electrons. The molecule has 3 aliphatic rings. The maximum absolute atomic E-state index is 12.9. The molecule has 0 aliphatic carbocycles. The van der Waals surface area contributed by atoms with E-state index in [1.54, 1.807) is 16.8 Å². The van der Waals surface area contributed by atoms with Gasteiger partial charge >= 0.3 is 0 Å². The Morgan fingerprint density at radius 2 is 1.96 bits per heavy atom. The van der Waals surface area contributed by atoms with Crippen molar-refractivity contribution in [2.75, 3.05) is 46.5 Å². The lowest BCUT2D eigenvalue weighted by Crippen LogP contribution is -2.66. The van der Waals surface area contributed by atoms with Gasteiger partial charge in [0.25, 0.3) is 5.91 Å². The summed E-state index contributed by atoms with van der Waals surface area (Å²) < 4.78 is 11.2. The van der Waals surface area contributed by atoms with Gasteiger partial charge in [0.1, 0.15) is 0 Å². The number of carbonyl (C=O) groups is 3. The van der Waals surface area contributed by atoms with Crippen LogP contribution in [-0.4, -0.2) is 85.7 Å². The molecule has 0 spiro atoms. The molecule has 3 amide bonds. The van der Waals surface area contributed by atoms with E-state index in [9.17, 15) is 14.4 Å². The number of ether oxygens (including phenoxy) is 2. The molecule has 0 saturated carbocycles. The van der Waals surface area contributed by atoms with Gasteiger partial charge < -0.3 is 24.6 Å². The molecule has 25 heavy (non-hydrogen) atoms. The van der Waals surface area contributed by atoms with E-state index in [0.29, 0.717) is 52.3 Å². The monoisotopic (exact) mass is 353 g/mol. The molecule has 0 aromatic rings. The minimum Gasteiger partial charge on any atom is -0.381 e. The van der Waals surface area contributed by atoms with Gasteiger partial charge in [-0.2, -0.15) is 0 Å². The van der Waals surface area contributed by atoms with Gasteiger partial charge in [-0.15, -0.1) is 0 Å². The van der Waals surface area contributed by atoms with Crippen molar-refractivity contribution in [1.82, 2.24) is 15.1 Å². The molecule has 0 aromatic heterocycles. The first-order valence-corrected chi connectivity index (χ1v) is 9.03. The molecule has 0 aromatic carbocycles. The molecule has 140 valence electrons. The predicted octanol–water partition coefficient (Wildman–Crippen LogP) is -0.623. The summed E-state index contributed by atoms with van der Waals surface area (Å²) in [6, 6.07) is 0.00428. The van der Waals surface area contributed by atoms with Crippen molar-refractivity contribution in [2.45, 2.75) is 37.8 Å². The lowest BCUT2D eigenvalue weighted by atomic mass is 9.90. The quantitative estimate of drug-likeness (QED) is 0.712. The van der Waals surface area contributed by atoms with Crippen LogP contribution in [0.25, 0.3) is 0 Å². The van der Waals surface area contributed by atoms with Gasteiger partial charge in [0.15, 0.2) is 5.60 Å². The topological polar surface area (TPSA) is 88.2 Å². The summed E-state index contributed by atoms with van der Waals surface area (Å²) in [6.07, 6.45) is 1.40. The fourth-order valence-electron chi connectivity index (χ4n) is 3.97. The summed E-state index contributed by atoms with van der Waals surface area (Å²) in [7, 11) is 1.58. The third-order valence-corrected chi connectivity index (χ3v) is 5.48. The average Bonchev–Trinajstić information content (AvgIpc) is 2.95. The first-order chi connectivity index (χ1) is 12.0. The molecule has 1 N–H and O–H groups in total. The summed E-state index contributed by atoms with van der Waals surface area (Å²) in [5.41, 5.74) is -0.780. The maximum atomic E-state index is 12.9. The average molecular weight is 353 g/mol. The molecule has 1 unspecified atom stereocenters. The highest BCUT2D eigenvalue weighted by Gasteiger charge is 2.49. The van der Waals surface area contributed by atoms with E-state index >= 15 is 0 Å². The first-order valence-electron chi connectivity index (χ1n) is 9.03. The molecular formula is C17H27N3O5. The van der Waals surface area contributed by atoms with Crippen molar-refractivity contribution in [1.29, 1.82) is 0 Å². The first kappa shape index (κ1) is 18.1. The number of nitrogens with one attached hydrogen (secondary N) is 1. The Kier molecular flexibility index (Phi) is 5.29. The predicted molar refractivity (Wildman–Crippen MR) is 88.7 cm³/mol. The van der Waals surface area contributed by atoms with E-state index in [-0.39, 0.29) is 36.1 Å². The smallest absolute Gasteiger partial charge is 0.255 e. The fraction of sp³-hybridized carbons (Fsp3) is 0.824. The standard InChI is InChI=1S/C17H27N3O5/c1-3-25-17(4-6-24-7-5-17)16(23)19-10-13(11-19)20-9-12(8-14(20)21)15(22)18-2/h12-13H,3-11H2,1-2H3,(H,18,22). The second-order valence-corrected chi connectivity index (χ2v) is 6.97. The van der Waals surface area contributed by atoms with Gasteiger partial charge in [-0.05, 0) is 6.92 Å². The van der Waals surface area contributed by atoms with E-state index in [1.807, 2.05) is 6.92 Å². The molecule has 0 bridgehead atoms. The molecule has 3 saturated heterocycles. The molecule has 3 heterocycles. The molecule has 8 heteroatoms. The highest BCUT2D eigenvalue weighted by Crippen LogP contribution is 2.32. The Bertz CT molecular complexity index is 535. The minimum atomic E-state index is -0.780. The Balaban J connectivity index is 1.57. The van der Waals surface area contributed by atoms with Crippen LogP contribution >= 0.6 is 0 Å². The highest BCUT2D eigenvalue weighted by atomic mass is 16.5. The lowest BCUT2D eigenvalue weighted by Gasteiger charge is -2.48. The maximum Gasteiger partial charge on any atom is 0.255 e. The second kappa shape index (κ2) is 7.29. The van der Waals surface area contributed by atoms with Crippen molar-refractivity contribution in [3.8, 4) is 0 Å². The Morgan fingerprint density at radius 3 is 2.56 bits per heavy atom. The molecule has 3 rings (SSSR count). The SMILES string of the molecule is CCOC1(C(=O)N2CC(N3CC(C(=O)NC)CC3=O)C2)CCOCC1. The van der Waals surface area contributed by atoms with Crippen molar-refractivity contribution in [3.63, 3.8) is 0 Å². The zero-order valence-corrected chi connectivity index (χ0v) is 15.0. The number of hydrogen-bond acceptors (Lipinski definition) is 5. The van der Waals surface area contributed by atoms with Crippen molar-refractivity contribution < 1.29 is 23.9 Å². The number of amides is 3. The van der Waals surface area contributed by atoms with E-state index in [0.717, 1.165) is 0 Å². The number of nitrogens with zero attached hydrogens (tertiary/aromatic N) is 2. The van der Waals surface area contributed by atoms with Crippen LogP contribution in [0.2, 0.25) is 0 Å². The van der Waals surface area contributed by atoms with Crippen LogP contribution in [0.4, 0.5) is 0 Å². The van der Waals surface area contributed by atoms with Gasteiger partial charge in [-0.25, -0.2) is 0 Å². The third-order valence-electron chi connectivity index (χ3n) is 5.48. The number of carbonyl (C=O) groups excluding carboxylic acids is 3. The minimum absolute atomic E-state index is 0.00315. The highest BCUT2D eigenvalue weighted by molar-refractivity contribution is 5.90. The van der Waals surface area contributed by atoms with Gasteiger partial charge in [0.05, 0.1) is 12.0 Å². The summed E-state index contributed by atoms with van der Waals surface area (Å²) in [5, 5.41) is 2.60. The number of likely N-dealkylation sites (tertiary alicyclic amines) is 2. The Labute approximate surface area is 147 Å². The van der Waals surface area contributed by atoms with Crippen LogP contribution in [0.1, 0.15) is 26.2 Å². The molecular weight excluding hydrogens is 326 g/mol. The van der Waals surface area contributed by atoms with Crippen molar-refractivity contribution in [2.24, 2.45) is 5.92 Å². The van der Waals surface area contributed by atoms with Gasteiger partial charge in [0.2, 0.25) is 11.8 Å². The molecule has 1 atom stereocenters. The van der Waals surface area contributed by atoms with Crippen LogP contribution in [0.3, 0.4) is 0 Å². The molecule has 3 aliphatic heterocycles. The third kappa shape index (κ3) is 3.37. The number of rotatable bonds is 5. The van der Waals surface area contributed by atoms with Gasteiger partial charge in [-0.3, -0.25) is 14.4 Å². The lowest BCUT2D eigenvalue weighted by molar-refractivity contribution is -0.178. The number of hydrogen-bond donors (Lipinski definition) is 1. The summed E-state index contributed by atoms with van der Waals surface area (Å²) in [4.78, 5) is 40.4. The normalized spacial score (nSPS) is 26.5. The van der Waals surface area contributed by atoms with E-state index in [2.05, 4.69) is 5.32 Å². The summed E-state index contributed by atoms with van der Waals surface area (Å²) >= 11 is 0. The van der Waals surface area contributed by atoms with Gasteiger partial charge in [-0.1, -0.05) is 0 Å².